The van der Waals surface area contributed by atoms with Crippen molar-refractivity contribution in [3.8, 4) is 5.75 Å². The minimum atomic E-state index is -3.10. The van der Waals surface area contributed by atoms with Crippen molar-refractivity contribution < 1.29 is 17.9 Å². The quantitative estimate of drug-likeness (QED) is 0.750. The third-order valence-electron chi connectivity index (χ3n) is 2.45. The summed E-state index contributed by atoms with van der Waals surface area (Å²) in [5, 5.41) is -0.406. The fourth-order valence-electron chi connectivity index (χ4n) is 1.21. The molecule has 1 aromatic carbocycles. The number of carbonyl (C=O) groups is 1. The number of ether oxygens (including phenoxy) is 1. The second kappa shape index (κ2) is 6.33. The first kappa shape index (κ1) is 15.2. The largest absolute Gasteiger partial charge is 0.493 e. The monoisotopic (exact) mass is 334 g/mol. The van der Waals surface area contributed by atoms with Crippen LogP contribution in [0.4, 0.5) is 0 Å². The molecule has 1 aromatic rings. The molecule has 18 heavy (non-hydrogen) atoms. The van der Waals surface area contributed by atoms with Crippen molar-refractivity contribution >= 4 is 32.1 Å². The molecule has 0 N–H and O–H groups in total. The van der Waals surface area contributed by atoms with E-state index in [9.17, 15) is 13.2 Å². The molecule has 0 heterocycles. The first-order valence-corrected chi connectivity index (χ1v) is 7.97. The molecule has 0 aliphatic carbocycles. The summed E-state index contributed by atoms with van der Waals surface area (Å²) < 4.78 is 29.1. The summed E-state index contributed by atoms with van der Waals surface area (Å²) >= 11 is 3.23. The Hall–Kier alpha value is -0.880. The molecule has 0 atom stereocenters. The Morgan fingerprint density at radius 3 is 2.61 bits per heavy atom. The Morgan fingerprint density at radius 2 is 2.06 bits per heavy atom. The first-order chi connectivity index (χ1) is 8.36. The van der Waals surface area contributed by atoms with Crippen molar-refractivity contribution in [2.24, 2.45) is 0 Å². The van der Waals surface area contributed by atoms with E-state index in [4.69, 9.17) is 4.74 Å². The number of carbonyl (C=O) groups excluding carboxylic acids is 1. The van der Waals surface area contributed by atoms with Gasteiger partial charge in [-0.2, -0.15) is 0 Å². The van der Waals surface area contributed by atoms with Gasteiger partial charge in [0, 0.05) is 10.0 Å². The van der Waals surface area contributed by atoms with Crippen LogP contribution in [-0.4, -0.2) is 32.3 Å². The van der Waals surface area contributed by atoms with Crippen LogP contribution in [0.25, 0.3) is 0 Å². The molecule has 0 aliphatic rings. The van der Waals surface area contributed by atoms with E-state index in [1.165, 1.54) is 0 Å². The minimum Gasteiger partial charge on any atom is -0.493 e. The zero-order chi connectivity index (χ0) is 13.8. The average Bonchev–Trinajstić information content (AvgIpc) is 2.31. The molecule has 0 amide bonds. The second-order valence-corrected chi connectivity index (χ2v) is 7.60. The molecule has 0 bridgehead atoms. The van der Waals surface area contributed by atoms with Gasteiger partial charge in [-0.15, -0.1) is 0 Å². The molecule has 0 fully saturated rings. The van der Waals surface area contributed by atoms with Gasteiger partial charge in [-0.25, -0.2) is 8.42 Å². The Labute approximate surface area is 115 Å². The molecule has 0 radical (unpaired) electrons. The summed E-state index contributed by atoms with van der Waals surface area (Å²) in [4.78, 5) is 10.7. The maximum absolute atomic E-state index is 11.6. The van der Waals surface area contributed by atoms with Crippen LogP contribution in [0.1, 0.15) is 24.2 Å². The molecule has 0 aliphatic heterocycles. The first-order valence-electron chi connectivity index (χ1n) is 5.46. The highest BCUT2D eigenvalue weighted by Gasteiger charge is 2.15. The topological polar surface area (TPSA) is 60.4 Å². The van der Waals surface area contributed by atoms with Crippen molar-refractivity contribution in [1.29, 1.82) is 0 Å². The molecule has 0 saturated carbocycles. The number of rotatable bonds is 6. The highest BCUT2D eigenvalue weighted by Crippen LogP contribution is 2.21. The van der Waals surface area contributed by atoms with Crippen LogP contribution in [0, 0.1) is 0 Å². The smallest absolute Gasteiger partial charge is 0.155 e. The van der Waals surface area contributed by atoms with Gasteiger partial charge in [0.2, 0.25) is 0 Å². The number of halogens is 1. The van der Waals surface area contributed by atoms with Crippen LogP contribution in [0.5, 0.6) is 5.75 Å². The third kappa shape index (κ3) is 4.10. The fourth-order valence-corrected chi connectivity index (χ4v) is 2.34. The van der Waals surface area contributed by atoms with Crippen LogP contribution in [-0.2, 0) is 9.84 Å². The summed E-state index contributed by atoms with van der Waals surface area (Å²) in [5.74, 6) is 0.455. The molecule has 1 rings (SSSR count). The number of aldehydes is 1. The van der Waals surface area contributed by atoms with Gasteiger partial charge < -0.3 is 4.74 Å². The molecule has 0 spiro atoms. The minimum absolute atomic E-state index is 0.0306. The van der Waals surface area contributed by atoms with E-state index in [2.05, 4.69) is 15.9 Å². The Bertz CT molecular complexity index is 523. The summed E-state index contributed by atoms with van der Waals surface area (Å²) in [6.45, 7) is 3.36. The molecule has 0 unspecified atom stereocenters. The summed E-state index contributed by atoms with van der Waals surface area (Å²) in [6, 6.07) is 4.94. The standard InChI is InChI=1S/C12H15BrO4S/c1-9(2)18(15,16)6-5-17-11-3-4-12(13)10(7-11)8-14/h3-4,7-9H,5-6H2,1-2H3. The maximum atomic E-state index is 11.6. The van der Waals surface area contributed by atoms with Crippen molar-refractivity contribution in [1.82, 2.24) is 0 Å². The van der Waals surface area contributed by atoms with E-state index < -0.39 is 15.1 Å². The lowest BCUT2D eigenvalue weighted by molar-refractivity contribution is 0.112. The van der Waals surface area contributed by atoms with Crippen LogP contribution >= 0.6 is 15.9 Å². The van der Waals surface area contributed by atoms with Gasteiger partial charge in [-0.3, -0.25) is 4.79 Å². The van der Waals surface area contributed by atoms with E-state index in [0.717, 1.165) is 0 Å². The zero-order valence-electron chi connectivity index (χ0n) is 10.2. The van der Waals surface area contributed by atoms with Gasteiger partial charge in [0.25, 0.3) is 0 Å². The van der Waals surface area contributed by atoms with E-state index in [1.54, 1.807) is 32.0 Å². The van der Waals surface area contributed by atoms with E-state index >= 15 is 0 Å². The molecule has 100 valence electrons. The van der Waals surface area contributed by atoms with Gasteiger partial charge in [0.05, 0.1) is 11.0 Å². The zero-order valence-corrected chi connectivity index (χ0v) is 12.6. The number of hydrogen-bond acceptors (Lipinski definition) is 4. The highest BCUT2D eigenvalue weighted by molar-refractivity contribution is 9.10. The van der Waals surface area contributed by atoms with E-state index in [0.29, 0.717) is 22.1 Å². The summed E-state index contributed by atoms with van der Waals surface area (Å²) in [5.41, 5.74) is 0.471. The summed E-state index contributed by atoms with van der Waals surface area (Å²) in [7, 11) is -3.10. The Morgan fingerprint density at radius 1 is 1.39 bits per heavy atom. The van der Waals surface area contributed by atoms with Crippen molar-refractivity contribution in [3.63, 3.8) is 0 Å². The molecule has 4 nitrogen and oxygen atoms in total. The SMILES string of the molecule is CC(C)S(=O)(=O)CCOc1ccc(Br)c(C=O)c1. The summed E-state index contributed by atoms with van der Waals surface area (Å²) in [6.07, 6.45) is 0.710. The number of sulfone groups is 1. The Balaban J connectivity index is 2.63. The van der Waals surface area contributed by atoms with E-state index in [-0.39, 0.29) is 12.4 Å². The van der Waals surface area contributed by atoms with Crippen LogP contribution in [0.15, 0.2) is 22.7 Å². The number of hydrogen-bond donors (Lipinski definition) is 0. The van der Waals surface area contributed by atoms with Gasteiger partial charge in [-0.1, -0.05) is 15.9 Å². The second-order valence-electron chi connectivity index (χ2n) is 4.07. The number of benzene rings is 1. The predicted molar refractivity (Wildman–Crippen MR) is 73.9 cm³/mol. The average molecular weight is 335 g/mol. The maximum Gasteiger partial charge on any atom is 0.155 e. The molecular weight excluding hydrogens is 320 g/mol. The fraction of sp³-hybridized carbons (Fsp3) is 0.417. The lowest BCUT2D eigenvalue weighted by Crippen LogP contribution is -2.22. The van der Waals surface area contributed by atoms with Gasteiger partial charge in [0.1, 0.15) is 12.4 Å². The molecule has 0 saturated heterocycles. The van der Waals surface area contributed by atoms with Gasteiger partial charge >= 0.3 is 0 Å². The van der Waals surface area contributed by atoms with Crippen molar-refractivity contribution in [2.75, 3.05) is 12.4 Å². The lowest BCUT2D eigenvalue weighted by atomic mass is 10.2. The Kier molecular flexibility index (Phi) is 5.34. The normalized spacial score (nSPS) is 11.6. The molecule has 6 heteroatoms. The van der Waals surface area contributed by atoms with E-state index in [1.807, 2.05) is 0 Å². The van der Waals surface area contributed by atoms with Gasteiger partial charge in [0.15, 0.2) is 16.1 Å². The van der Waals surface area contributed by atoms with Gasteiger partial charge in [-0.05, 0) is 32.0 Å². The molecular formula is C12H15BrO4S. The van der Waals surface area contributed by atoms with Crippen LogP contribution in [0.2, 0.25) is 0 Å². The predicted octanol–water partition coefficient (Wildman–Crippen LogP) is 2.46. The van der Waals surface area contributed by atoms with Crippen LogP contribution in [0.3, 0.4) is 0 Å². The van der Waals surface area contributed by atoms with Crippen LogP contribution < -0.4 is 4.74 Å². The van der Waals surface area contributed by atoms with Crippen molar-refractivity contribution in [2.45, 2.75) is 19.1 Å². The molecule has 0 aromatic heterocycles. The third-order valence-corrected chi connectivity index (χ3v) is 5.34. The lowest BCUT2D eigenvalue weighted by Gasteiger charge is -2.10. The highest BCUT2D eigenvalue weighted by atomic mass is 79.9. The van der Waals surface area contributed by atoms with Crippen molar-refractivity contribution in [3.05, 3.63) is 28.2 Å².